The number of nitrogens with two attached hydrogens (primary N) is 1. The van der Waals surface area contributed by atoms with Gasteiger partial charge in [0, 0.05) is 17.8 Å². The molecule has 2 N–H and O–H groups in total. The van der Waals surface area contributed by atoms with E-state index in [0.717, 1.165) is 11.3 Å². The molecule has 0 bridgehead atoms. The number of carbonyl (C=O) groups excluding carboxylic acids is 1. The van der Waals surface area contributed by atoms with Crippen LogP contribution in [-0.4, -0.2) is 15.7 Å². The molecular weight excluding hydrogens is 221 g/mol. The number of nitrogens with zero attached hydrogens (tertiary/aromatic N) is 2. The number of amides is 1. The fraction of sp³-hybridized carbons (Fsp3) is 0. The second-order valence-corrected chi connectivity index (χ2v) is 3.43. The number of carbonyl (C=O) groups is 1. The first-order valence-corrected chi connectivity index (χ1v) is 4.93. The number of rotatable bonds is 3. The Kier molecular flexibility index (Phi) is 3.00. The van der Waals surface area contributed by atoms with E-state index in [4.69, 9.17) is 5.73 Å². The van der Waals surface area contributed by atoms with Crippen LogP contribution in [0.15, 0.2) is 42.7 Å². The molecule has 0 atom stereocenters. The summed E-state index contributed by atoms with van der Waals surface area (Å²) in [6.07, 6.45) is 6.12. The molecule has 5 heteroatoms. The maximum atomic E-state index is 12.7. The number of halogens is 1. The molecule has 0 unspecified atom stereocenters. The van der Waals surface area contributed by atoms with E-state index in [9.17, 15) is 9.18 Å². The Balaban J connectivity index is 2.23. The first-order valence-electron chi connectivity index (χ1n) is 4.93. The minimum absolute atomic E-state index is 0.297. The SMILES string of the molecule is NC(=O)/C=C\c1cnn(-c2ccc(F)cc2)c1. The molecule has 0 spiro atoms. The fourth-order valence-corrected chi connectivity index (χ4v) is 1.34. The molecule has 1 heterocycles. The van der Waals surface area contributed by atoms with Gasteiger partial charge in [-0.3, -0.25) is 4.79 Å². The molecule has 2 rings (SSSR count). The van der Waals surface area contributed by atoms with Gasteiger partial charge in [0.1, 0.15) is 5.82 Å². The highest BCUT2D eigenvalue weighted by atomic mass is 19.1. The summed E-state index contributed by atoms with van der Waals surface area (Å²) in [5, 5.41) is 4.08. The van der Waals surface area contributed by atoms with E-state index in [1.807, 2.05) is 0 Å². The Morgan fingerprint density at radius 2 is 2.06 bits per heavy atom. The van der Waals surface area contributed by atoms with Gasteiger partial charge in [-0.2, -0.15) is 5.10 Å². The smallest absolute Gasteiger partial charge is 0.241 e. The van der Waals surface area contributed by atoms with Crippen molar-refractivity contribution in [3.63, 3.8) is 0 Å². The van der Waals surface area contributed by atoms with Crippen molar-refractivity contribution in [3.8, 4) is 5.69 Å². The second-order valence-electron chi connectivity index (χ2n) is 3.43. The second kappa shape index (κ2) is 4.61. The van der Waals surface area contributed by atoms with Gasteiger partial charge in [-0.25, -0.2) is 9.07 Å². The van der Waals surface area contributed by atoms with Gasteiger partial charge >= 0.3 is 0 Å². The van der Waals surface area contributed by atoms with E-state index in [1.165, 1.54) is 18.2 Å². The molecule has 17 heavy (non-hydrogen) atoms. The summed E-state index contributed by atoms with van der Waals surface area (Å²) in [4.78, 5) is 10.6. The molecule has 0 aliphatic rings. The third-order valence-electron chi connectivity index (χ3n) is 2.13. The molecule has 0 saturated carbocycles. The average molecular weight is 231 g/mol. The zero-order chi connectivity index (χ0) is 12.3. The molecule has 0 aliphatic heterocycles. The van der Waals surface area contributed by atoms with E-state index in [1.54, 1.807) is 35.3 Å². The van der Waals surface area contributed by atoms with Crippen molar-refractivity contribution in [3.05, 3.63) is 54.1 Å². The van der Waals surface area contributed by atoms with Crippen LogP contribution in [0.1, 0.15) is 5.56 Å². The Labute approximate surface area is 97.2 Å². The van der Waals surface area contributed by atoms with Crippen LogP contribution >= 0.6 is 0 Å². The molecule has 2 aromatic rings. The predicted molar refractivity (Wildman–Crippen MR) is 61.8 cm³/mol. The van der Waals surface area contributed by atoms with Gasteiger partial charge in [0.05, 0.1) is 11.9 Å². The van der Waals surface area contributed by atoms with Crippen molar-refractivity contribution in [1.29, 1.82) is 0 Å². The third kappa shape index (κ3) is 2.78. The lowest BCUT2D eigenvalue weighted by molar-refractivity contribution is -0.113. The first-order chi connectivity index (χ1) is 8.15. The van der Waals surface area contributed by atoms with Crippen LogP contribution in [0.3, 0.4) is 0 Å². The summed E-state index contributed by atoms with van der Waals surface area (Å²) in [6, 6.07) is 5.94. The topological polar surface area (TPSA) is 60.9 Å². The number of primary amides is 1. The molecule has 86 valence electrons. The van der Waals surface area contributed by atoms with Gasteiger partial charge in [-0.1, -0.05) is 0 Å². The summed E-state index contributed by atoms with van der Waals surface area (Å²) in [6.45, 7) is 0. The average Bonchev–Trinajstić information content (AvgIpc) is 2.76. The van der Waals surface area contributed by atoms with Gasteiger partial charge in [-0.15, -0.1) is 0 Å². The van der Waals surface area contributed by atoms with E-state index in [0.29, 0.717) is 0 Å². The van der Waals surface area contributed by atoms with Crippen LogP contribution in [0.25, 0.3) is 11.8 Å². The minimum Gasteiger partial charge on any atom is -0.366 e. The van der Waals surface area contributed by atoms with Crippen LogP contribution in [0.5, 0.6) is 0 Å². The van der Waals surface area contributed by atoms with Crippen molar-refractivity contribution in [2.24, 2.45) is 5.73 Å². The molecule has 0 saturated heterocycles. The minimum atomic E-state index is -0.514. The summed E-state index contributed by atoms with van der Waals surface area (Å²) >= 11 is 0. The number of benzene rings is 1. The third-order valence-corrected chi connectivity index (χ3v) is 2.13. The number of aromatic nitrogens is 2. The molecule has 1 aromatic heterocycles. The Bertz CT molecular complexity index is 557. The molecule has 4 nitrogen and oxygen atoms in total. The van der Waals surface area contributed by atoms with Crippen molar-refractivity contribution < 1.29 is 9.18 Å². The highest BCUT2D eigenvalue weighted by molar-refractivity contribution is 5.90. The number of hydrogen-bond donors (Lipinski definition) is 1. The van der Waals surface area contributed by atoms with Crippen LogP contribution in [0, 0.1) is 5.82 Å². The van der Waals surface area contributed by atoms with Crippen molar-refractivity contribution in [2.45, 2.75) is 0 Å². The summed E-state index contributed by atoms with van der Waals surface area (Å²) in [5.41, 5.74) is 6.46. The van der Waals surface area contributed by atoms with Crippen LogP contribution in [0.4, 0.5) is 4.39 Å². The van der Waals surface area contributed by atoms with Gasteiger partial charge in [-0.05, 0) is 30.3 Å². The van der Waals surface area contributed by atoms with Crippen LogP contribution < -0.4 is 5.73 Å². The van der Waals surface area contributed by atoms with E-state index in [-0.39, 0.29) is 5.82 Å². The zero-order valence-electron chi connectivity index (χ0n) is 8.88. The molecular formula is C12H10FN3O. The maximum absolute atomic E-state index is 12.7. The zero-order valence-corrected chi connectivity index (χ0v) is 8.88. The van der Waals surface area contributed by atoms with Crippen molar-refractivity contribution in [1.82, 2.24) is 9.78 Å². The highest BCUT2D eigenvalue weighted by Crippen LogP contribution is 2.10. The number of hydrogen-bond acceptors (Lipinski definition) is 2. The van der Waals surface area contributed by atoms with Crippen LogP contribution in [0.2, 0.25) is 0 Å². The summed E-state index contributed by atoms with van der Waals surface area (Å²) in [7, 11) is 0. The Morgan fingerprint density at radius 1 is 1.35 bits per heavy atom. The fourth-order valence-electron chi connectivity index (χ4n) is 1.34. The standard InChI is InChI=1S/C12H10FN3O/c13-10-2-4-11(5-3-10)16-8-9(7-15-16)1-6-12(14)17/h1-8H,(H2,14,17)/b6-1-. The molecule has 1 amide bonds. The maximum Gasteiger partial charge on any atom is 0.241 e. The normalized spacial score (nSPS) is 10.9. The lowest BCUT2D eigenvalue weighted by atomic mass is 10.3. The summed E-state index contributed by atoms with van der Waals surface area (Å²) in [5.74, 6) is -0.811. The van der Waals surface area contributed by atoms with E-state index >= 15 is 0 Å². The monoisotopic (exact) mass is 231 g/mol. The first kappa shape index (κ1) is 11.1. The Morgan fingerprint density at radius 3 is 2.71 bits per heavy atom. The largest absolute Gasteiger partial charge is 0.366 e. The van der Waals surface area contributed by atoms with Gasteiger partial charge in [0.25, 0.3) is 0 Å². The van der Waals surface area contributed by atoms with E-state index in [2.05, 4.69) is 5.10 Å². The van der Waals surface area contributed by atoms with Crippen molar-refractivity contribution >= 4 is 12.0 Å². The molecule has 0 radical (unpaired) electrons. The quantitative estimate of drug-likeness (QED) is 0.814. The summed E-state index contributed by atoms with van der Waals surface area (Å²) < 4.78 is 14.3. The van der Waals surface area contributed by atoms with Gasteiger partial charge in [0.2, 0.25) is 5.91 Å². The lowest BCUT2D eigenvalue weighted by Crippen LogP contribution is -2.04. The molecule has 0 aliphatic carbocycles. The highest BCUT2D eigenvalue weighted by Gasteiger charge is 1.99. The molecule has 1 aromatic carbocycles. The van der Waals surface area contributed by atoms with Gasteiger partial charge in [0.15, 0.2) is 0 Å². The van der Waals surface area contributed by atoms with Crippen molar-refractivity contribution in [2.75, 3.05) is 0 Å². The molecule has 0 fully saturated rings. The Hall–Kier alpha value is -2.43. The van der Waals surface area contributed by atoms with Crippen LogP contribution in [-0.2, 0) is 4.79 Å². The van der Waals surface area contributed by atoms with E-state index < -0.39 is 5.91 Å². The van der Waals surface area contributed by atoms with Gasteiger partial charge < -0.3 is 5.73 Å². The predicted octanol–water partition coefficient (Wildman–Crippen LogP) is 1.51. The lowest BCUT2D eigenvalue weighted by Gasteiger charge is -1.99.